The van der Waals surface area contributed by atoms with Crippen molar-refractivity contribution in [1.29, 1.82) is 0 Å². The summed E-state index contributed by atoms with van der Waals surface area (Å²) in [4.78, 5) is 2.52. The van der Waals surface area contributed by atoms with Crippen molar-refractivity contribution < 1.29 is 4.74 Å². The average Bonchev–Trinajstić information content (AvgIpc) is 2.65. The highest BCUT2D eigenvalue weighted by Gasteiger charge is 2.20. The van der Waals surface area contributed by atoms with Gasteiger partial charge in [-0.1, -0.05) is 6.92 Å². The van der Waals surface area contributed by atoms with Gasteiger partial charge in [0.05, 0.1) is 6.61 Å². The normalized spacial score (nSPS) is 23.1. The summed E-state index contributed by atoms with van der Waals surface area (Å²) < 4.78 is 5.27. The molecule has 1 heterocycles. The van der Waals surface area contributed by atoms with E-state index in [0.717, 1.165) is 32.2 Å². The first-order valence-electron chi connectivity index (χ1n) is 5.87. The molecule has 0 aromatic heterocycles. The summed E-state index contributed by atoms with van der Waals surface area (Å²) >= 11 is 0. The predicted octanol–water partition coefficient (Wildman–Crippen LogP) is 0.954. The second kappa shape index (κ2) is 7.21. The molecule has 0 saturated carbocycles. The predicted molar refractivity (Wildman–Crippen MR) is 59.6 cm³/mol. The van der Waals surface area contributed by atoms with Crippen LogP contribution in [0.4, 0.5) is 0 Å². The summed E-state index contributed by atoms with van der Waals surface area (Å²) in [5.74, 6) is 0.858. The maximum atomic E-state index is 5.27. The highest BCUT2D eigenvalue weighted by atomic mass is 16.5. The third-order valence-corrected chi connectivity index (χ3v) is 2.88. The van der Waals surface area contributed by atoms with Crippen LogP contribution in [0, 0.1) is 5.92 Å². The van der Waals surface area contributed by atoms with E-state index in [1.165, 1.54) is 26.1 Å². The zero-order valence-electron chi connectivity index (χ0n) is 9.59. The molecule has 3 heteroatoms. The Balaban J connectivity index is 1.92. The van der Waals surface area contributed by atoms with Gasteiger partial charge in [-0.3, -0.25) is 0 Å². The Kier molecular flexibility index (Phi) is 6.15. The molecule has 1 N–H and O–H groups in total. The van der Waals surface area contributed by atoms with Crippen LogP contribution in [0.5, 0.6) is 0 Å². The quantitative estimate of drug-likeness (QED) is 0.619. The van der Waals surface area contributed by atoms with Crippen molar-refractivity contribution in [2.75, 3.05) is 45.9 Å². The molecule has 0 spiro atoms. The van der Waals surface area contributed by atoms with E-state index in [4.69, 9.17) is 4.74 Å². The Hall–Kier alpha value is -0.120. The van der Waals surface area contributed by atoms with Crippen molar-refractivity contribution in [3.05, 3.63) is 0 Å². The van der Waals surface area contributed by atoms with Crippen LogP contribution in [0.3, 0.4) is 0 Å². The van der Waals surface area contributed by atoms with E-state index in [9.17, 15) is 0 Å². The molecule has 1 aliphatic heterocycles. The van der Waals surface area contributed by atoms with Crippen LogP contribution in [0.15, 0.2) is 0 Å². The maximum absolute atomic E-state index is 5.27. The lowest BCUT2D eigenvalue weighted by atomic mass is 10.1. The number of ether oxygens (including phenoxy) is 1. The van der Waals surface area contributed by atoms with Crippen molar-refractivity contribution in [3.8, 4) is 0 Å². The number of nitrogens with one attached hydrogen (secondary N) is 1. The SMILES string of the molecule is CCOCCNCC1CCN(CC)C1. The van der Waals surface area contributed by atoms with Gasteiger partial charge in [0.25, 0.3) is 0 Å². The third kappa shape index (κ3) is 4.40. The number of rotatable bonds is 7. The zero-order valence-corrected chi connectivity index (χ0v) is 9.59. The lowest BCUT2D eigenvalue weighted by Gasteiger charge is -2.13. The van der Waals surface area contributed by atoms with E-state index in [-0.39, 0.29) is 0 Å². The van der Waals surface area contributed by atoms with Crippen LogP contribution in [-0.2, 0) is 4.74 Å². The zero-order chi connectivity index (χ0) is 10.2. The molecule has 0 bridgehead atoms. The minimum Gasteiger partial charge on any atom is -0.380 e. The van der Waals surface area contributed by atoms with E-state index >= 15 is 0 Å². The first-order valence-corrected chi connectivity index (χ1v) is 5.87. The second-order valence-electron chi connectivity index (χ2n) is 3.95. The van der Waals surface area contributed by atoms with Crippen LogP contribution in [-0.4, -0.2) is 50.8 Å². The third-order valence-electron chi connectivity index (χ3n) is 2.88. The first-order chi connectivity index (χ1) is 6.86. The number of hydrogen-bond acceptors (Lipinski definition) is 3. The van der Waals surface area contributed by atoms with Crippen molar-refractivity contribution in [2.24, 2.45) is 5.92 Å². The maximum Gasteiger partial charge on any atom is 0.0590 e. The fourth-order valence-electron chi connectivity index (χ4n) is 1.96. The molecule has 0 aromatic carbocycles. The van der Waals surface area contributed by atoms with Gasteiger partial charge in [-0.25, -0.2) is 0 Å². The van der Waals surface area contributed by atoms with Gasteiger partial charge in [0.1, 0.15) is 0 Å². The van der Waals surface area contributed by atoms with Crippen LogP contribution < -0.4 is 5.32 Å². The molecule has 0 aliphatic carbocycles. The van der Waals surface area contributed by atoms with Crippen LogP contribution in [0.25, 0.3) is 0 Å². The Morgan fingerprint density at radius 3 is 2.93 bits per heavy atom. The largest absolute Gasteiger partial charge is 0.380 e. The molecule has 1 rings (SSSR count). The number of nitrogens with zero attached hydrogens (tertiary/aromatic N) is 1. The molecule has 1 saturated heterocycles. The summed E-state index contributed by atoms with van der Waals surface area (Å²) in [5.41, 5.74) is 0. The van der Waals surface area contributed by atoms with Crippen molar-refractivity contribution in [3.63, 3.8) is 0 Å². The van der Waals surface area contributed by atoms with Gasteiger partial charge >= 0.3 is 0 Å². The summed E-state index contributed by atoms with van der Waals surface area (Å²) in [6.07, 6.45) is 1.36. The Bertz CT molecular complexity index is 141. The Morgan fingerprint density at radius 2 is 2.29 bits per heavy atom. The molecule has 3 nitrogen and oxygen atoms in total. The van der Waals surface area contributed by atoms with Gasteiger partial charge in [0.15, 0.2) is 0 Å². The standard InChI is InChI=1S/C11H24N2O/c1-3-13-7-5-11(10-13)9-12-6-8-14-4-2/h11-12H,3-10H2,1-2H3. The van der Waals surface area contributed by atoms with Crippen molar-refractivity contribution in [2.45, 2.75) is 20.3 Å². The average molecular weight is 200 g/mol. The van der Waals surface area contributed by atoms with Gasteiger partial charge in [0, 0.05) is 19.7 Å². The topological polar surface area (TPSA) is 24.5 Å². The minimum atomic E-state index is 0.828. The van der Waals surface area contributed by atoms with Gasteiger partial charge in [-0.05, 0) is 38.9 Å². The summed E-state index contributed by atoms with van der Waals surface area (Å²) in [5, 5.41) is 3.46. The van der Waals surface area contributed by atoms with E-state index in [0.29, 0.717) is 0 Å². The molecule has 1 fully saturated rings. The molecule has 1 aliphatic rings. The Morgan fingerprint density at radius 1 is 1.43 bits per heavy atom. The molecular weight excluding hydrogens is 176 g/mol. The molecule has 1 atom stereocenters. The summed E-state index contributed by atoms with van der Waals surface area (Å²) in [6.45, 7) is 11.9. The molecule has 14 heavy (non-hydrogen) atoms. The number of hydrogen-bond donors (Lipinski definition) is 1. The molecule has 0 amide bonds. The fourth-order valence-corrected chi connectivity index (χ4v) is 1.96. The van der Waals surface area contributed by atoms with Crippen molar-refractivity contribution >= 4 is 0 Å². The van der Waals surface area contributed by atoms with Gasteiger partial charge in [-0.15, -0.1) is 0 Å². The fraction of sp³-hybridized carbons (Fsp3) is 1.00. The highest BCUT2D eigenvalue weighted by Crippen LogP contribution is 2.14. The van der Waals surface area contributed by atoms with E-state index in [2.05, 4.69) is 17.1 Å². The molecule has 84 valence electrons. The van der Waals surface area contributed by atoms with Gasteiger partial charge in [0.2, 0.25) is 0 Å². The molecule has 0 radical (unpaired) electrons. The first kappa shape index (κ1) is 12.0. The van der Waals surface area contributed by atoms with E-state index < -0.39 is 0 Å². The van der Waals surface area contributed by atoms with Crippen LogP contribution in [0.2, 0.25) is 0 Å². The molecule has 1 unspecified atom stereocenters. The Labute approximate surface area is 87.8 Å². The minimum absolute atomic E-state index is 0.828. The number of likely N-dealkylation sites (tertiary alicyclic amines) is 1. The second-order valence-corrected chi connectivity index (χ2v) is 3.95. The summed E-state index contributed by atoms with van der Waals surface area (Å²) in [6, 6.07) is 0. The molecular formula is C11H24N2O. The van der Waals surface area contributed by atoms with Crippen molar-refractivity contribution in [1.82, 2.24) is 10.2 Å². The van der Waals surface area contributed by atoms with E-state index in [1.807, 2.05) is 6.92 Å². The smallest absolute Gasteiger partial charge is 0.0590 e. The van der Waals surface area contributed by atoms with Crippen LogP contribution >= 0.6 is 0 Å². The van der Waals surface area contributed by atoms with Crippen LogP contribution in [0.1, 0.15) is 20.3 Å². The van der Waals surface area contributed by atoms with E-state index in [1.54, 1.807) is 0 Å². The lowest BCUT2D eigenvalue weighted by molar-refractivity contribution is 0.148. The van der Waals surface area contributed by atoms with Gasteiger partial charge in [-0.2, -0.15) is 0 Å². The lowest BCUT2D eigenvalue weighted by Crippen LogP contribution is -2.28. The molecule has 0 aromatic rings. The highest BCUT2D eigenvalue weighted by molar-refractivity contribution is 4.75. The monoisotopic (exact) mass is 200 g/mol. The van der Waals surface area contributed by atoms with Gasteiger partial charge < -0.3 is 15.0 Å². The summed E-state index contributed by atoms with van der Waals surface area (Å²) in [7, 11) is 0.